The zero-order valence-electron chi connectivity index (χ0n) is 17.8. The van der Waals surface area contributed by atoms with Gasteiger partial charge in [-0.05, 0) is 51.5 Å². The van der Waals surface area contributed by atoms with Gasteiger partial charge < -0.3 is 19.6 Å². The lowest BCUT2D eigenvalue weighted by Gasteiger charge is -2.68. The molecular weight excluding hydrogens is 438 g/mol. The van der Waals surface area contributed by atoms with E-state index in [0.29, 0.717) is 36.5 Å². The molecule has 2 bridgehead atoms. The van der Waals surface area contributed by atoms with E-state index >= 15 is 0 Å². The Balaban J connectivity index is 1.37. The van der Waals surface area contributed by atoms with Crippen molar-refractivity contribution in [1.29, 1.82) is 0 Å². The predicted molar refractivity (Wildman–Crippen MR) is 110 cm³/mol. The fourth-order valence-corrected chi connectivity index (χ4v) is 5.95. The van der Waals surface area contributed by atoms with Crippen molar-refractivity contribution in [2.45, 2.75) is 74.7 Å². The Labute approximate surface area is 186 Å². The van der Waals surface area contributed by atoms with Crippen LogP contribution in [0, 0.1) is 0 Å². The monoisotopic (exact) mass is 460 g/mol. The summed E-state index contributed by atoms with van der Waals surface area (Å²) in [7, 11) is 0. The lowest BCUT2D eigenvalue weighted by molar-refractivity contribution is -0.0615. The maximum atomic E-state index is 13.1. The van der Waals surface area contributed by atoms with Gasteiger partial charge in [-0.25, -0.2) is 4.98 Å². The molecule has 0 saturated heterocycles. The summed E-state index contributed by atoms with van der Waals surface area (Å²) in [6.45, 7) is -1.51. The molecule has 3 aromatic heterocycles. The van der Waals surface area contributed by atoms with Crippen LogP contribution >= 0.6 is 0 Å². The molecule has 4 saturated carbocycles. The van der Waals surface area contributed by atoms with Gasteiger partial charge in [-0.2, -0.15) is 13.8 Å². The Kier molecular flexibility index (Phi) is 4.14. The minimum absolute atomic E-state index is 0.105. The van der Waals surface area contributed by atoms with E-state index in [1.807, 2.05) is 0 Å². The van der Waals surface area contributed by atoms with E-state index in [1.54, 1.807) is 6.92 Å². The molecule has 33 heavy (non-hydrogen) atoms. The van der Waals surface area contributed by atoms with Gasteiger partial charge in [0.25, 0.3) is 5.56 Å². The van der Waals surface area contributed by atoms with E-state index in [1.165, 1.54) is 23.2 Å². The zero-order valence-corrected chi connectivity index (χ0v) is 17.8. The second-order valence-electron chi connectivity index (χ2n) is 9.76. The van der Waals surface area contributed by atoms with Crippen LogP contribution in [-0.2, 0) is 5.41 Å². The number of ether oxygens (including phenoxy) is 1. The molecule has 0 spiro atoms. The van der Waals surface area contributed by atoms with Crippen molar-refractivity contribution in [2.24, 2.45) is 0 Å². The van der Waals surface area contributed by atoms with Crippen molar-refractivity contribution >= 4 is 17.0 Å². The number of rotatable bonds is 6. The van der Waals surface area contributed by atoms with Crippen LogP contribution in [0.3, 0.4) is 0 Å². The Morgan fingerprint density at radius 3 is 2.79 bits per heavy atom. The van der Waals surface area contributed by atoms with Crippen LogP contribution in [-0.4, -0.2) is 47.6 Å². The molecule has 0 aliphatic heterocycles. The fraction of sp³-hybridized carbons (Fsp3) is 0.571. The van der Waals surface area contributed by atoms with Crippen molar-refractivity contribution in [3.05, 3.63) is 34.9 Å². The first-order valence-corrected chi connectivity index (χ1v) is 10.8. The van der Waals surface area contributed by atoms with Gasteiger partial charge >= 0.3 is 6.61 Å². The second-order valence-corrected chi connectivity index (χ2v) is 9.76. The summed E-state index contributed by atoms with van der Waals surface area (Å²) in [4.78, 5) is 22.1. The van der Waals surface area contributed by atoms with Gasteiger partial charge in [0.2, 0.25) is 18.2 Å². The van der Waals surface area contributed by atoms with Crippen LogP contribution in [0.15, 0.2) is 27.9 Å². The molecule has 2 N–H and O–H groups in total. The number of anilines is 1. The van der Waals surface area contributed by atoms with E-state index in [9.17, 15) is 18.7 Å². The molecule has 7 rings (SSSR count). The highest BCUT2D eigenvalue weighted by Gasteiger charge is 2.71. The first-order chi connectivity index (χ1) is 15.7. The number of alkyl halides is 2. The topological polar surface area (TPSA) is 128 Å². The quantitative estimate of drug-likeness (QED) is 0.570. The highest BCUT2D eigenvalue weighted by molar-refractivity contribution is 5.77. The number of fused-ring (bicyclic) bond motifs is 1. The molecule has 4 aliphatic rings. The molecule has 0 unspecified atom stereocenters. The van der Waals surface area contributed by atoms with Gasteiger partial charge in [0.05, 0.1) is 17.1 Å². The average Bonchev–Trinajstić information content (AvgIpc) is 3.34. The van der Waals surface area contributed by atoms with E-state index in [2.05, 4.69) is 30.2 Å². The van der Waals surface area contributed by atoms with Crippen molar-refractivity contribution in [1.82, 2.24) is 24.7 Å². The van der Waals surface area contributed by atoms with Crippen molar-refractivity contribution in [3.63, 3.8) is 0 Å². The molecule has 3 heterocycles. The lowest BCUT2D eigenvalue weighted by atomic mass is 9.39. The average molecular weight is 460 g/mol. The van der Waals surface area contributed by atoms with Crippen LogP contribution in [0.25, 0.3) is 11.0 Å². The minimum atomic E-state index is -3.15. The molecule has 0 radical (unpaired) electrons. The number of aliphatic hydroxyl groups is 1. The van der Waals surface area contributed by atoms with Crippen molar-refractivity contribution in [3.8, 4) is 5.75 Å². The Morgan fingerprint density at radius 1 is 1.36 bits per heavy atom. The third-order valence-corrected chi connectivity index (χ3v) is 7.37. The third-order valence-electron chi connectivity index (χ3n) is 7.37. The maximum absolute atomic E-state index is 13.1. The number of hydrogen-bond donors (Lipinski definition) is 2. The second kappa shape index (κ2) is 6.69. The van der Waals surface area contributed by atoms with E-state index in [-0.39, 0.29) is 16.6 Å². The van der Waals surface area contributed by atoms with Gasteiger partial charge in [-0.3, -0.25) is 9.36 Å². The molecule has 174 valence electrons. The molecule has 3 aromatic rings. The van der Waals surface area contributed by atoms with Gasteiger partial charge in [0, 0.05) is 17.1 Å². The fourth-order valence-electron chi connectivity index (χ4n) is 5.95. The summed E-state index contributed by atoms with van der Waals surface area (Å²) in [5, 5.41) is 22.4. The van der Waals surface area contributed by atoms with Crippen LogP contribution < -0.4 is 15.6 Å². The highest BCUT2D eigenvalue weighted by Crippen LogP contribution is 2.68. The minimum Gasteiger partial charge on any atom is -0.429 e. The van der Waals surface area contributed by atoms with Crippen LogP contribution in [0.2, 0.25) is 0 Å². The summed E-state index contributed by atoms with van der Waals surface area (Å²) in [6, 6.07) is 0.603. The highest BCUT2D eigenvalue weighted by atomic mass is 19.3. The summed E-state index contributed by atoms with van der Waals surface area (Å²) < 4.78 is 37.0. The Hall–Kier alpha value is -3.15. The number of hydrogen-bond acceptors (Lipinski definition) is 9. The molecule has 2 atom stereocenters. The van der Waals surface area contributed by atoms with Gasteiger partial charge in [0.1, 0.15) is 5.65 Å². The first kappa shape index (κ1) is 20.5. The number of nitrogens with zero attached hydrogens (tertiary/aromatic N) is 5. The van der Waals surface area contributed by atoms with Crippen molar-refractivity contribution < 1.29 is 23.0 Å². The summed E-state index contributed by atoms with van der Waals surface area (Å²) >= 11 is 0. The number of nitrogens with one attached hydrogen (secondary N) is 1. The molecule has 12 heteroatoms. The molecule has 0 amide bonds. The smallest absolute Gasteiger partial charge is 0.387 e. The van der Waals surface area contributed by atoms with E-state index in [4.69, 9.17) is 4.42 Å². The number of aromatic nitrogens is 5. The molecule has 10 nitrogen and oxygen atoms in total. The Bertz CT molecular complexity index is 1270. The van der Waals surface area contributed by atoms with Gasteiger partial charge in [-0.1, -0.05) is 0 Å². The summed E-state index contributed by atoms with van der Waals surface area (Å²) in [5.41, 5.74) is -1.95. The number of halogens is 2. The first-order valence-electron chi connectivity index (χ1n) is 10.8. The standard InChI is InChI=1S/C21H22F2N6O4/c1-19(31)4-2-3-13(19)29-14-11(5-12(15(29)30)33-17(22)23)6-24-18(26-14)27-21-7-20(8-21,9-21)16-28-25-10-32-16/h5-6,10,13,17,31H,2-4,7-9H2,1H3,(H,24,26,27)/t13-,19-,20?,21?/m1/s1. The third kappa shape index (κ3) is 3.03. The van der Waals surface area contributed by atoms with Gasteiger partial charge in [0.15, 0.2) is 5.75 Å². The van der Waals surface area contributed by atoms with Gasteiger partial charge in [-0.15, -0.1) is 10.2 Å². The largest absolute Gasteiger partial charge is 0.429 e. The van der Waals surface area contributed by atoms with Crippen molar-refractivity contribution in [2.75, 3.05) is 5.32 Å². The Morgan fingerprint density at radius 2 is 2.15 bits per heavy atom. The van der Waals surface area contributed by atoms with Crippen LogP contribution in [0.5, 0.6) is 5.75 Å². The summed E-state index contributed by atoms with van der Waals surface area (Å²) in [6.07, 6.45) is 6.90. The molecular formula is C21H22F2N6O4. The van der Waals surface area contributed by atoms with Crippen LogP contribution in [0.4, 0.5) is 14.7 Å². The maximum Gasteiger partial charge on any atom is 0.387 e. The number of pyridine rings is 1. The van der Waals surface area contributed by atoms with E-state index in [0.717, 1.165) is 19.3 Å². The normalized spacial score (nSPS) is 32.6. The molecule has 4 aliphatic carbocycles. The zero-order chi connectivity index (χ0) is 23.0. The SMILES string of the molecule is C[C@@]1(O)CCC[C@H]1n1c(=O)c(OC(F)F)cc2cnc(NC34CC(c5nnco5)(C3)C4)nc21. The van der Waals surface area contributed by atoms with E-state index < -0.39 is 29.6 Å². The molecule has 0 aromatic carbocycles. The summed E-state index contributed by atoms with van der Waals surface area (Å²) in [5.74, 6) is 0.467. The lowest BCUT2D eigenvalue weighted by Crippen LogP contribution is -2.73. The van der Waals surface area contributed by atoms with Crippen LogP contribution in [0.1, 0.15) is 57.4 Å². The molecule has 4 fully saturated rings. The predicted octanol–water partition coefficient (Wildman–Crippen LogP) is 2.54.